The highest BCUT2D eigenvalue weighted by molar-refractivity contribution is 5.37. The predicted octanol–water partition coefficient (Wildman–Crippen LogP) is 2.36. The second-order valence-electron chi connectivity index (χ2n) is 3.40. The molecule has 0 fully saturated rings. The molecule has 12 heavy (non-hydrogen) atoms. The first-order chi connectivity index (χ1) is 6.11. The van der Waals surface area contributed by atoms with E-state index in [0.717, 1.165) is 18.4 Å². The van der Waals surface area contributed by atoms with E-state index in [-0.39, 0.29) is 0 Å². The molecular formula is C11H14O. The van der Waals surface area contributed by atoms with E-state index in [4.69, 9.17) is 1.37 Å². The molecule has 1 aliphatic rings. The van der Waals surface area contributed by atoms with Gasteiger partial charge < -0.3 is 5.11 Å². The van der Waals surface area contributed by atoms with Crippen LogP contribution >= 0.6 is 0 Å². The number of aliphatic hydroxyl groups is 1. The summed E-state index contributed by atoms with van der Waals surface area (Å²) in [6, 6.07) is 5.83. The third-order valence-corrected chi connectivity index (χ3v) is 2.56. The summed E-state index contributed by atoms with van der Waals surface area (Å²) in [5.74, 6) is 0. The van der Waals surface area contributed by atoms with Gasteiger partial charge in [0, 0.05) is 0 Å². The second-order valence-corrected chi connectivity index (χ2v) is 3.40. The van der Waals surface area contributed by atoms with E-state index in [1.165, 1.54) is 11.1 Å². The summed E-state index contributed by atoms with van der Waals surface area (Å²) in [6.45, 7) is 2.04. The maximum Gasteiger partial charge on any atom is 0.0792 e. The van der Waals surface area contributed by atoms with Crippen molar-refractivity contribution in [2.75, 3.05) is 0 Å². The monoisotopic (exact) mass is 163 g/mol. The molecule has 1 N–H and O–H groups in total. The first-order valence-electron chi connectivity index (χ1n) is 4.92. The lowest BCUT2D eigenvalue weighted by molar-refractivity contribution is 0.156. The maximum atomic E-state index is 9.82. The third-order valence-electron chi connectivity index (χ3n) is 2.56. The molecule has 0 aromatic heterocycles. The van der Waals surface area contributed by atoms with E-state index in [1.807, 2.05) is 25.1 Å². The molecule has 0 bridgehead atoms. The zero-order valence-corrected chi connectivity index (χ0v) is 7.30. The SMILES string of the molecule is [2H]C1(O)CCCc2c(C)cccc21. The first kappa shape index (κ1) is 6.67. The van der Waals surface area contributed by atoms with Crippen molar-refractivity contribution < 1.29 is 6.48 Å². The van der Waals surface area contributed by atoms with Crippen molar-refractivity contribution in [1.29, 1.82) is 0 Å². The molecule has 0 saturated heterocycles. The van der Waals surface area contributed by atoms with E-state index >= 15 is 0 Å². The number of benzene rings is 1. The number of aryl methyl sites for hydroxylation is 1. The van der Waals surface area contributed by atoms with E-state index in [2.05, 4.69) is 0 Å². The fraction of sp³-hybridized carbons (Fsp3) is 0.455. The largest absolute Gasteiger partial charge is 0.388 e. The van der Waals surface area contributed by atoms with Gasteiger partial charge in [-0.25, -0.2) is 0 Å². The Morgan fingerprint density at radius 2 is 2.42 bits per heavy atom. The van der Waals surface area contributed by atoms with Gasteiger partial charge in [0.25, 0.3) is 0 Å². The molecule has 64 valence electrons. The first-order valence-corrected chi connectivity index (χ1v) is 4.42. The average Bonchev–Trinajstić information content (AvgIpc) is 2.06. The Labute approximate surface area is 74.4 Å². The molecule has 1 heteroatoms. The van der Waals surface area contributed by atoms with Gasteiger partial charge in [-0.2, -0.15) is 0 Å². The van der Waals surface area contributed by atoms with Crippen LogP contribution in [0.15, 0.2) is 18.2 Å². The lowest BCUT2D eigenvalue weighted by atomic mass is 9.87. The van der Waals surface area contributed by atoms with Crippen LogP contribution < -0.4 is 0 Å². The van der Waals surface area contributed by atoms with Gasteiger partial charge in [-0.05, 0) is 42.9 Å². The van der Waals surface area contributed by atoms with Crippen LogP contribution in [0.5, 0.6) is 0 Å². The minimum absolute atomic E-state index is 0.559. The van der Waals surface area contributed by atoms with Crippen molar-refractivity contribution >= 4 is 0 Å². The predicted molar refractivity (Wildman–Crippen MR) is 49.1 cm³/mol. The normalized spacial score (nSPS) is 29.3. The van der Waals surface area contributed by atoms with Gasteiger partial charge in [-0.15, -0.1) is 0 Å². The minimum atomic E-state index is -1.35. The van der Waals surface area contributed by atoms with Crippen molar-refractivity contribution in [2.45, 2.75) is 32.3 Å². The van der Waals surface area contributed by atoms with Crippen LogP contribution in [0.3, 0.4) is 0 Å². The van der Waals surface area contributed by atoms with Crippen LogP contribution in [0.1, 0.15) is 37.0 Å². The van der Waals surface area contributed by atoms with Crippen LogP contribution in [0.4, 0.5) is 0 Å². The Balaban J connectivity index is 2.58. The highest BCUT2D eigenvalue weighted by Crippen LogP contribution is 2.30. The molecule has 1 aromatic carbocycles. The number of hydrogen-bond donors (Lipinski definition) is 1. The van der Waals surface area contributed by atoms with Crippen molar-refractivity contribution in [1.82, 2.24) is 0 Å². The Bertz CT molecular complexity index is 331. The number of fused-ring (bicyclic) bond motifs is 1. The van der Waals surface area contributed by atoms with E-state index in [0.29, 0.717) is 6.42 Å². The molecule has 1 nitrogen and oxygen atoms in total. The Morgan fingerprint density at radius 1 is 1.58 bits per heavy atom. The van der Waals surface area contributed by atoms with E-state index in [1.54, 1.807) is 0 Å². The highest BCUT2D eigenvalue weighted by atomic mass is 16.3. The van der Waals surface area contributed by atoms with Crippen molar-refractivity contribution in [3.63, 3.8) is 0 Å². The van der Waals surface area contributed by atoms with Crippen LogP contribution in [-0.4, -0.2) is 5.11 Å². The molecule has 1 atom stereocenters. The Kier molecular flexibility index (Phi) is 1.62. The number of rotatable bonds is 0. The fourth-order valence-electron chi connectivity index (χ4n) is 1.87. The van der Waals surface area contributed by atoms with Crippen LogP contribution in [0, 0.1) is 6.92 Å². The Morgan fingerprint density at radius 3 is 3.17 bits per heavy atom. The van der Waals surface area contributed by atoms with Gasteiger partial charge in [0.1, 0.15) is 0 Å². The van der Waals surface area contributed by atoms with Crippen molar-refractivity contribution in [2.24, 2.45) is 0 Å². The van der Waals surface area contributed by atoms with Gasteiger partial charge in [0.2, 0.25) is 0 Å². The van der Waals surface area contributed by atoms with Crippen LogP contribution in [-0.2, 0) is 6.42 Å². The quantitative estimate of drug-likeness (QED) is 0.622. The fourth-order valence-corrected chi connectivity index (χ4v) is 1.87. The summed E-state index contributed by atoms with van der Waals surface area (Å²) < 4.78 is 7.76. The molecule has 1 aromatic rings. The maximum absolute atomic E-state index is 9.82. The molecule has 0 heterocycles. The minimum Gasteiger partial charge on any atom is -0.388 e. The lowest BCUT2D eigenvalue weighted by Gasteiger charge is -2.22. The Hall–Kier alpha value is -0.820. The van der Waals surface area contributed by atoms with Gasteiger partial charge in [0.05, 0.1) is 7.45 Å². The number of hydrogen-bond acceptors (Lipinski definition) is 1. The zero-order chi connectivity index (χ0) is 9.47. The average molecular weight is 163 g/mol. The lowest BCUT2D eigenvalue weighted by Crippen LogP contribution is -2.10. The second kappa shape index (κ2) is 2.91. The topological polar surface area (TPSA) is 20.2 Å². The summed E-state index contributed by atoms with van der Waals surface area (Å²) in [5, 5.41) is 9.82. The molecule has 2 rings (SSSR count). The standard InChI is InChI=1S/C11H14O/c1-8-4-2-6-10-9(8)5-3-7-11(10)12/h2,4,6,11-12H,3,5,7H2,1H3/i11D. The molecule has 0 amide bonds. The third kappa shape index (κ3) is 1.14. The summed E-state index contributed by atoms with van der Waals surface area (Å²) >= 11 is 0. The summed E-state index contributed by atoms with van der Waals surface area (Å²) in [6.07, 6.45) is 1.13. The molecule has 0 spiro atoms. The van der Waals surface area contributed by atoms with Gasteiger partial charge in [0.15, 0.2) is 0 Å². The molecular weight excluding hydrogens is 148 g/mol. The zero-order valence-electron chi connectivity index (χ0n) is 8.30. The molecule has 1 unspecified atom stereocenters. The van der Waals surface area contributed by atoms with Gasteiger partial charge in [-0.1, -0.05) is 18.2 Å². The van der Waals surface area contributed by atoms with Gasteiger partial charge >= 0.3 is 0 Å². The molecule has 0 radical (unpaired) electrons. The van der Waals surface area contributed by atoms with Crippen LogP contribution in [0.25, 0.3) is 0 Å². The van der Waals surface area contributed by atoms with Gasteiger partial charge in [-0.3, -0.25) is 0 Å². The van der Waals surface area contributed by atoms with E-state index < -0.39 is 6.08 Å². The summed E-state index contributed by atoms with van der Waals surface area (Å²) in [7, 11) is 0. The highest BCUT2D eigenvalue weighted by Gasteiger charge is 2.18. The smallest absolute Gasteiger partial charge is 0.0792 e. The van der Waals surface area contributed by atoms with Crippen molar-refractivity contribution in [3.05, 3.63) is 34.9 Å². The molecule has 0 aliphatic heterocycles. The van der Waals surface area contributed by atoms with E-state index in [9.17, 15) is 5.11 Å². The van der Waals surface area contributed by atoms with Crippen molar-refractivity contribution in [3.8, 4) is 0 Å². The molecule has 1 aliphatic carbocycles. The molecule has 0 saturated carbocycles. The van der Waals surface area contributed by atoms with Crippen LogP contribution in [0.2, 0.25) is 0 Å². The summed E-state index contributed by atoms with van der Waals surface area (Å²) in [5.41, 5.74) is 3.17. The summed E-state index contributed by atoms with van der Waals surface area (Å²) in [4.78, 5) is 0.